The second-order valence-corrected chi connectivity index (χ2v) is 4.42. The Balaban J connectivity index is 2.26. The van der Waals surface area contributed by atoms with Gasteiger partial charge in [0.2, 0.25) is 0 Å². The van der Waals surface area contributed by atoms with E-state index in [1.54, 1.807) is 7.11 Å². The Morgan fingerprint density at radius 1 is 1.44 bits per heavy atom. The maximum atomic E-state index is 12.0. The molecule has 0 saturated heterocycles. The number of carbonyl (C=O) groups is 1. The number of nitrogens with one attached hydrogen (secondary N) is 2. The standard InChI is InChI=1S/C14H18N2O2/c1-4-9(2)15-14(17)13-8-10-7-11(18-3)5-6-12(10)16-13/h5-9,16H,4H2,1-3H3,(H,15,17). The van der Waals surface area contributed by atoms with Crippen LogP contribution >= 0.6 is 0 Å². The molecule has 0 bridgehead atoms. The Hall–Kier alpha value is -1.97. The lowest BCUT2D eigenvalue weighted by Crippen LogP contribution is -2.32. The van der Waals surface area contributed by atoms with Crippen molar-refractivity contribution < 1.29 is 9.53 Å². The monoisotopic (exact) mass is 246 g/mol. The summed E-state index contributed by atoms with van der Waals surface area (Å²) in [5.41, 5.74) is 1.52. The van der Waals surface area contributed by atoms with E-state index in [1.165, 1.54) is 0 Å². The third kappa shape index (κ3) is 2.47. The number of ether oxygens (including phenoxy) is 1. The zero-order chi connectivity index (χ0) is 13.1. The molecule has 1 atom stereocenters. The van der Waals surface area contributed by atoms with Crippen molar-refractivity contribution in [3.8, 4) is 5.75 Å². The van der Waals surface area contributed by atoms with Crippen LogP contribution in [0.15, 0.2) is 24.3 Å². The van der Waals surface area contributed by atoms with E-state index in [9.17, 15) is 4.79 Å². The maximum Gasteiger partial charge on any atom is 0.267 e. The highest BCUT2D eigenvalue weighted by atomic mass is 16.5. The first-order chi connectivity index (χ1) is 8.63. The third-order valence-corrected chi connectivity index (χ3v) is 3.06. The van der Waals surface area contributed by atoms with E-state index in [4.69, 9.17) is 4.74 Å². The predicted octanol–water partition coefficient (Wildman–Crippen LogP) is 2.70. The van der Waals surface area contributed by atoms with Gasteiger partial charge in [0.25, 0.3) is 5.91 Å². The molecule has 1 amide bonds. The fourth-order valence-corrected chi connectivity index (χ4v) is 1.76. The molecule has 1 heterocycles. The fourth-order valence-electron chi connectivity index (χ4n) is 1.76. The average Bonchev–Trinajstić information content (AvgIpc) is 2.81. The zero-order valence-electron chi connectivity index (χ0n) is 10.9. The molecule has 4 heteroatoms. The Kier molecular flexibility index (Phi) is 3.55. The second-order valence-electron chi connectivity index (χ2n) is 4.42. The summed E-state index contributed by atoms with van der Waals surface area (Å²) in [5, 5.41) is 3.91. The van der Waals surface area contributed by atoms with Gasteiger partial charge in [-0.2, -0.15) is 0 Å². The highest BCUT2D eigenvalue weighted by Crippen LogP contribution is 2.21. The molecule has 1 aromatic heterocycles. The van der Waals surface area contributed by atoms with Crippen LogP contribution in [0, 0.1) is 0 Å². The van der Waals surface area contributed by atoms with E-state index >= 15 is 0 Å². The molecule has 18 heavy (non-hydrogen) atoms. The molecule has 0 saturated carbocycles. The molecule has 0 aliphatic carbocycles. The van der Waals surface area contributed by atoms with E-state index < -0.39 is 0 Å². The topological polar surface area (TPSA) is 54.1 Å². The van der Waals surface area contributed by atoms with Crippen molar-refractivity contribution >= 4 is 16.8 Å². The Labute approximate surface area is 106 Å². The number of aromatic amines is 1. The lowest BCUT2D eigenvalue weighted by Gasteiger charge is -2.09. The van der Waals surface area contributed by atoms with E-state index in [1.807, 2.05) is 38.1 Å². The summed E-state index contributed by atoms with van der Waals surface area (Å²) in [7, 11) is 1.63. The van der Waals surface area contributed by atoms with Crippen LogP contribution in [-0.4, -0.2) is 24.0 Å². The van der Waals surface area contributed by atoms with Crippen LogP contribution in [0.4, 0.5) is 0 Å². The minimum Gasteiger partial charge on any atom is -0.497 e. The van der Waals surface area contributed by atoms with Crippen LogP contribution in [0.2, 0.25) is 0 Å². The van der Waals surface area contributed by atoms with Crippen molar-refractivity contribution in [3.05, 3.63) is 30.0 Å². The van der Waals surface area contributed by atoms with Crippen molar-refractivity contribution in [2.24, 2.45) is 0 Å². The highest BCUT2D eigenvalue weighted by Gasteiger charge is 2.11. The van der Waals surface area contributed by atoms with Crippen LogP contribution in [-0.2, 0) is 0 Å². The van der Waals surface area contributed by atoms with Crippen LogP contribution in [0.3, 0.4) is 0 Å². The maximum absolute atomic E-state index is 12.0. The summed E-state index contributed by atoms with van der Waals surface area (Å²) in [4.78, 5) is 15.1. The number of methoxy groups -OCH3 is 1. The van der Waals surface area contributed by atoms with Gasteiger partial charge < -0.3 is 15.0 Å². The summed E-state index contributed by atoms with van der Waals surface area (Å²) >= 11 is 0. The van der Waals surface area contributed by atoms with Crippen LogP contribution in [0.25, 0.3) is 10.9 Å². The largest absolute Gasteiger partial charge is 0.497 e. The molecule has 2 rings (SSSR count). The van der Waals surface area contributed by atoms with Gasteiger partial charge >= 0.3 is 0 Å². The van der Waals surface area contributed by atoms with Gasteiger partial charge in [0.1, 0.15) is 11.4 Å². The molecule has 96 valence electrons. The fraction of sp³-hybridized carbons (Fsp3) is 0.357. The van der Waals surface area contributed by atoms with Crippen molar-refractivity contribution in [2.45, 2.75) is 26.3 Å². The average molecular weight is 246 g/mol. The first-order valence-electron chi connectivity index (χ1n) is 6.11. The summed E-state index contributed by atoms with van der Waals surface area (Å²) < 4.78 is 5.16. The smallest absolute Gasteiger partial charge is 0.267 e. The van der Waals surface area contributed by atoms with Gasteiger partial charge in [-0.25, -0.2) is 0 Å². The van der Waals surface area contributed by atoms with Crippen LogP contribution in [0.1, 0.15) is 30.8 Å². The SMILES string of the molecule is CCC(C)NC(=O)c1cc2cc(OC)ccc2[nH]1. The number of fused-ring (bicyclic) bond motifs is 1. The van der Waals surface area contributed by atoms with E-state index in [0.29, 0.717) is 5.69 Å². The van der Waals surface area contributed by atoms with E-state index in [-0.39, 0.29) is 11.9 Å². The number of carbonyl (C=O) groups excluding carboxylic acids is 1. The Morgan fingerprint density at radius 3 is 2.89 bits per heavy atom. The van der Waals surface area contributed by atoms with Gasteiger partial charge in [0, 0.05) is 16.9 Å². The minimum atomic E-state index is -0.0699. The van der Waals surface area contributed by atoms with Crippen molar-refractivity contribution in [1.29, 1.82) is 0 Å². The highest BCUT2D eigenvalue weighted by molar-refractivity contribution is 5.98. The molecular weight excluding hydrogens is 228 g/mol. The van der Waals surface area contributed by atoms with Gasteiger partial charge in [0.05, 0.1) is 7.11 Å². The third-order valence-electron chi connectivity index (χ3n) is 3.06. The molecule has 4 nitrogen and oxygen atoms in total. The number of hydrogen-bond donors (Lipinski definition) is 2. The summed E-state index contributed by atoms with van der Waals surface area (Å²) in [6, 6.07) is 7.71. The van der Waals surface area contributed by atoms with Crippen molar-refractivity contribution in [2.75, 3.05) is 7.11 Å². The number of H-pyrrole nitrogens is 1. The molecule has 1 unspecified atom stereocenters. The summed E-state index contributed by atoms with van der Waals surface area (Å²) in [6.07, 6.45) is 0.916. The number of hydrogen-bond acceptors (Lipinski definition) is 2. The minimum absolute atomic E-state index is 0.0699. The van der Waals surface area contributed by atoms with Crippen molar-refractivity contribution in [3.63, 3.8) is 0 Å². The molecule has 2 N–H and O–H groups in total. The van der Waals surface area contributed by atoms with E-state index in [2.05, 4.69) is 10.3 Å². The van der Waals surface area contributed by atoms with Gasteiger partial charge in [-0.3, -0.25) is 4.79 Å². The lowest BCUT2D eigenvalue weighted by molar-refractivity contribution is 0.0935. The normalized spacial score (nSPS) is 12.4. The molecule has 0 spiro atoms. The molecule has 0 aliphatic heterocycles. The molecule has 2 aromatic rings. The number of rotatable bonds is 4. The number of amides is 1. The van der Waals surface area contributed by atoms with Crippen LogP contribution < -0.4 is 10.1 Å². The van der Waals surface area contributed by atoms with Gasteiger partial charge in [0.15, 0.2) is 0 Å². The molecule has 0 radical (unpaired) electrons. The Morgan fingerprint density at radius 2 is 2.22 bits per heavy atom. The number of aromatic nitrogens is 1. The first-order valence-corrected chi connectivity index (χ1v) is 6.11. The molecule has 0 aliphatic rings. The quantitative estimate of drug-likeness (QED) is 0.871. The molecule has 0 fully saturated rings. The number of benzene rings is 1. The van der Waals surface area contributed by atoms with E-state index in [0.717, 1.165) is 23.1 Å². The molecular formula is C14H18N2O2. The lowest BCUT2D eigenvalue weighted by atomic mass is 10.2. The summed E-state index contributed by atoms with van der Waals surface area (Å²) in [6.45, 7) is 4.03. The zero-order valence-corrected chi connectivity index (χ0v) is 10.9. The second kappa shape index (κ2) is 5.12. The van der Waals surface area contributed by atoms with Gasteiger partial charge in [-0.15, -0.1) is 0 Å². The van der Waals surface area contributed by atoms with Gasteiger partial charge in [-0.1, -0.05) is 6.92 Å². The summed E-state index contributed by atoms with van der Waals surface area (Å²) in [5.74, 6) is 0.718. The van der Waals surface area contributed by atoms with Gasteiger partial charge in [-0.05, 0) is 37.6 Å². The first kappa shape index (κ1) is 12.5. The Bertz CT molecular complexity index is 560. The molecule has 1 aromatic carbocycles. The van der Waals surface area contributed by atoms with Crippen LogP contribution in [0.5, 0.6) is 5.75 Å². The predicted molar refractivity (Wildman–Crippen MR) is 72.1 cm³/mol. The van der Waals surface area contributed by atoms with Crippen molar-refractivity contribution in [1.82, 2.24) is 10.3 Å².